The molecule has 1 aromatic carbocycles. The predicted octanol–water partition coefficient (Wildman–Crippen LogP) is 1.37. The second-order valence-electron chi connectivity index (χ2n) is 4.06. The zero-order chi connectivity index (χ0) is 13.1. The molecule has 0 atom stereocenters. The van der Waals surface area contributed by atoms with Crippen LogP contribution < -0.4 is 5.73 Å². The lowest BCUT2D eigenvalue weighted by Crippen LogP contribution is -2.07. The van der Waals surface area contributed by atoms with E-state index >= 15 is 0 Å². The molecule has 0 spiro atoms. The van der Waals surface area contributed by atoms with Crippen molar-refractivity contribution in [3.05, 3.63) is 54.2 Å². The topological polar surface area (TPSA) is 82.5 Å². The van der Waals surface area contributed by atoms with E-state index in [9.17, 15) is 0 Å². The normalized spacial score (nSPS) is 10.5. The van der Waals surface area contributed by atoms with Crippen molar-refractivity contribution >= 4 is 5.82 Å². The number of anilines is 1. The zero-order valence-electron chi connectivity index (χ0n) is 10.1. The van der Waals surface area contributed by atoms with Gasteiger partial charge in [-0.15, -0.1) is 10.2 Å². The zero-order valence-corrected chi connectivity index (χ0v) is 10.1. The van der Waals surface area contributed by atoms with E-state index in [0.717, 1.165) is 11.1 Å². The lowest BCUT2D eigenvalue weighted by molar-refractivity contribution is 0.573. The molecule has 2 aromatic heterocycles. The third kappa shape index (κ3) is 2.42. The molecule has 6 heteroatoms. The van der Waals surface area contributed by atoms with Crippen LogP contribution in [0.5, 0.6) is 0 Å². The van der Waals surface area contributed by atoms with E-state index in [1.165, 1.54) is 4.80 Å². The second kappa shape index (κ2) is 4.85. The molecule has 3 aromatic rings. The van der Waals surface area contributed by atoms with Crippen LogP contribution >= 0.6 is 0 Å². The van der Waals surface area contributed by atoms with E-state index in [1.807, 2.05) is 42.5 Å². The average Bonchev–Trinajstić information content (AvgIpc) is 2.91. The van der Waals surface area contributed by atoms with Crippen LogP contribution in [0.15, 0.2) is 48.7 Å². The highest BCUT2D eigenvalue weighted by Gasteiger charge is 2.07. The maximum absolute atomic E-state index is 5.79. The first kappa shape index (κ1) is 11.3. The number of nitrogens with two attached hydrogens (primary N) is 1. The Morgan fingerprint density at radius 2 is 1.89 bits per heavy atom. The molecular formula is C13H12N6. The number of pyridine rings is 1. The maximum atomic E-state index is 5.79. The highest BCUT2D eigenvalue weighted by atomic mass is 15.6. The van der Waals surface area contributed by atoms with Crippen LogP contribution in [-0.2, 0) is 6.54 Å². The molecular weight excluding hydrogens is 240 g/mol. The number of nitrogen functional groups attached to an aromatic ring is 1. The molecule has 19 heavy (non-hydrogen) atoms. The van der Waals surface area contributed by atoms with Crippen LogP contribution in [0.25, 0.3) is 11.4 Å². The molecule has 0 amide bonds. The quantitative estimate of drug-likeness (QED) is 0.761. The van der Waals surface area contributed by atoms with Gasteiger partial charge in [-0.25, -0.2) is 4.98 Å². The molecule has 0 saturated carbocycles. The van der Waals surface area contributed by atoms with Gasteiger partial charge in [-0.2, -0.15) is 4.80 Å². The van der Waals surface area contributed by atoms with Crippen molar-refractivity contribution in [3.8, 4) is 11.4 Å². The fourth-order valence-corrected chi connectivity index (χ4v) is 1.75. The molecule has 0 fully saturated rings. The summed E-state index contributed by atoms with van der Waals surface area (Å²) in [7, 11) is 0. The van der Waals surface area contributed by atoms with Gasteiger partial charge in [0.15, 0.2) is 0 Å². The molecule has 0 aliphatic heterocycles. The van der Waals surface area contributed by atoms with E-state index in [1.54, 1.807) is 6.20 Å². The Kier molecular flexibility index (Phi) is 2.89. The van der Waals surface area contributed by atoms with Crippen LogP contribution in [-0.4, -0.2) is 25.2 Å². The summed E-state index contributed by atoms with van der Waals surface area (Å²) in [6, 6.07) is 13.4. The maximum Gasteiger partial charge on any atom is 0.204 e. The molecule has 6 nitrogen and oxygen atoms in total. The summed E-state index contributed by atoms with van der Waals surface area (Å²) in [5.41, 5.74) is 7.60. The fourth-order valence-electron chi connectivity index (χ4n) is 1.75. The number of rotatable bonds is 3. The number of hydrogen-bond acceptors (Lipinski definition) is 5. The summed E-state index contributed by atoms with van der Waals surface area (Å²) in [4.78, 5) is 5.54. The van der Waals surface area contributed by atoms with Gasteiger partial charge < -0.3 is 5.73 Å². The fraction of sp³-hybridized carbons (Fsp3) is 0.0769. The first-order valence-corrected chi connectivity index (χ1v) is 5.85. The molecule has 94 valence electrons. The molecule has 0 aliphatic rings. The van der Waals surface area contributed by atoms with E-state index < -0.39 is 0 Å². The SMILES string of the molecule is Nc1ncccc1Cn1nnc(-c2ccccc2)n1. The Hall–Kier alpha value is -2.76. The number of tetrazole rings is 1. The summed E-state index contributed by atoms with van der Waals surface area (Å²) < 4.78 is 0. The smallest absolute Gasteiger partial charge is 0.204 e. The second-order valence-corrected chi connectivity index (χ2v) is 4.06. The highest BCUT2D eigenvalue weighted by Crippen LogP contribution is 2.13. The lowest BCUT2D eigenvalue weighted by atomic mass is 10.2. The molecule has 2 N–H and O–H groups in total. The van der Waals surface area contributed by atoms with Crippen molar-refractivity contribution in [2.45, 2.75) is 6.54 Å². The van der Waals surface area contributed by atoms with Gasteiger partial charge in [0, 0.05) is 17.3 Å². The Morgan fingerprint density at radius 3 is 2.68 bits per heavy atom. The Bertz CT molecular complexity index is 676. The van der Waals surface area contributed by atoms with Crippen LogP contribution in [0.2, 0.25) is 0 Å². The van der Waals surface area contributed by atoms with E-state index in [0.29, 0.717) is 18.2 Å². The van der Waals surface area contributed by atoms with Crippen LogP contribution in [0, 0.1) is 0 Å². The highest BCUT2D eigenvalue weighted by molar-refractivity contribution is 5.53. The van der Waals surface area contributed by atoms with E-state index in [4.69, 9.17) is 5.73 Å². The van der Waals surface area contributed by atoms with Gasteiger partial charge in [0.25, 0.3) is 0 Å². The predicted molar refractivity (Wildman–Crippen MR) is 71.0 cm³/mol. The summed E-state index contributed by atoms with van der Waals surface area (Å²) in [5.74, 6) is 1.09. The van der Waals surface area contributed by atoms with Crippen LogP contribution in [0.3, 0.4) is 0 Å². The molecule has 3 rings (SSSR count). The third-order valence-corrected chi connectivity index (χ3v) is 2.72. The van der Waals surface area contributed by atoms with Crippen molar-refractivity contribution < 1.29 is 0 Å². The molecule has 0 unspecified atom stereocenters. The van der Waals surface area contributed by atoms with Crippen molar-refractivity contribution in [1.82, 2.24) is 25.2 Å². The van der Waals surface area contributed by atoms with Crippen molar-refractivity contribution in [2.24, 2.45) is 0 Å². The summed E-state index contributed by atoms with van der Waals surface area (Å²) in [6.45, 7) is 0.458. The minimum Gasteiger partial charge on any atom is -0.383 e. The van der Waals surface area contributed by atoms with Gasteiger partial charge in [-0.05, 0) is 11.3 Å². The van der Waals surface area contributed by atoms with Crippen LogP contribution in [0.4, 0.5) is 5.82 Å². The van der Waals surface area contributed by atoms with Gasteiger partial charge in [0.05, 0.1) is 6.54 Å². The molecule has 0 aliphatic carbocycles. The van der Waals surface area contributed by atoms with E-state index in [-0.39, 0.29) is 0 Å². The molecule has 0 radical (unpaired) electrons. The first-order valence-electron chi connectivity index (χ1n) is 5.85. The third-order valence-electron chi connectivity index (χ3n) is 2.72. The minimum absolute atomic E-state index is 0.458. The first-order chi connectivity index (χ1) is 9.33. The van der Waals surface area contributed by atoms with E-state index in [2.05, 4.69) is 20.4 Å². The number of hydrogen-bond donors (Lipinski definition) is 1. The van der Waals surface area contributed by atoms with Gasteiger partial charge in [0.1, 0.15) is 5.82 Å². The van der Waals surface area contributed by atoms with Gasteiger partial charge in [-0.1, -0.05) is 36.4 Å². The number of nitrogens with zero attached hydrogens (tertiary/aromatic N) is 5. The average molecular weight is 252 g/mol. The summed E-state index contributed by atoms with van der Waals surface area (Å²) in [5, 5.41) is 12.4. The largest absolute Gasteiger partial charge is 0.383 e. The summed E-state index contributed by atoms with van der Waals surface area (Å²) in [6.07, 6.45) is 1.66. The Balaban J connectivity index is 1.85. The van der Waals surface area contributed by atoms with Crippen molar-refractivity contribution in [2.75, 3.05) is 5.73 Å². The van der Waals surface area contributed by atoms with Gasteiger partial charge in [-0.3, -0.25) is 0 Å². The lowest BCUT2D eigenvalue weighted by Gasteiger charge is -2.01. The van der Waals surface area contributed by atoms with Crippen LogP contribution in [0.1, 0.15) is 5.56 Å². The molecule has 0 bridgehead atoms. The number of aromatic nitrogens is 5. The van der Waals surface area contributed by atoms with Gasteiger partial charge >= 0.3 is 0 Å². The monoisotopic (exact) mass is 252 g/mol. The molecule has 2 heterocycles. The molecule has 0 saturated heterocycles. The van der Waals surface area contributed by atoms with Crippen molar-refractivity contribution in [1.29, 1.82) is 0 Å². The summed E-state index contributed by atoms with van der Waals surface area (Å²) >= 11 is 0. The minimum atomic E-state index is 0.458. The number of benzene rings is 1. The standard InChI is InChI=1S/C13H12N6/c14-12-11(7-4-8-15-12)9-19-17-13(16-18-19)10-5-2-1-3-6-10/h1-8H,9H2,(H2,14,15). The Labute approximate surface area is 109 Å². The Morgan fingerprint density at radius 1 is 1.05 bits per heavy atom. The van der Waals surface area contributed by atoms with Gasteiger partial charge in [0.2, 0.25) is 5.82 Å². The van der Waals surface area contributed by atoms with Crippen molar-refractivity contribution in [3.63, 3.8) is 0 Å².